The molecule has 0 amide bonds. The van der Waals surface area contributed by atoms with E-state index in [0.29, 0.717) is 33.2 Å². The Bertz CT molecular complexity index is 1160. The maximum atomic E-state index is 9.95. The molecule has 0 aliphatic heterocycles. The predicted octanol–water partition coefficient (Wildman–Crippen LogP) is 6.65. The lowest BCUT2D eigenvalue weighted by Gasteiger charge is -2.12. The molecule has 0 saturated heterocycles. The van der Waals surface area contributed by atoms with Crippen LogP contribution in [0, 0.1) is 17.2 Å². The van der Waals surface area contributed by atoms with Gasteiger partial charge in [-0.25, -0.2) is 9.97 Å². The Balaban J connectivity index is 1.99. The number of ether oxygens (including phenoxy) is 1. The first-order valence-electron chi connectivity index (χ1n) is 10.6. The summed E-state index contributed by atoms with van der Waals surface area (Å²) in [6.07, 6.45) is 1.04. The number of anilines is 1. The summed E-state index contributed by atoms with van der Waals surface area (Å²) in [7, 11) is 1.62. The number of hydrogen-bond acceptors (Lipinski definition) is 7. The first-order valence-corrected chi connectivity index (χ1v) is 11.9. The Labute approximate surface area is 204 Å². The second kappa shape index (κ2) is 11.7. The van der Waals surface area contributed by atoms with Crippen molar-refractivity contribution in [3.63, 3.8) is 0 Å². The first-order chi connectivity index (χ1) is 15.9. The number of hydrazone groups is 1. The molecule has 1 N–H and O–H groups in total. The smallest absolute Gasteiger partial charge is 0.190 e. The number of halogens is 1. The molecule has 2 aromatic carbocycles. The van der Waals surface area contributed by atoms with Crippen LogP contribution in [0.1, 0.15) is 38.3 Å². The van der Waals surface area contributed by atoms with E-state index in [-0.39, 0.29) is 0 Å². The maximum absolute atomic E-state index is 9.95. The zero-order valence-electron chi connectivity index (χ0n) is 19.1. The van der Waals surface area contributed by atoms with Crippen LogP contribution in [0.3, 0.4) is 0 Å². The van der Waals surface area contributed by atoms with Gasteiger partial charge < -0.3 is 4.74 Å². The molecule has 170 valence electrons. The van der Waals surface area contributed by atoms with Gasteiger partial charge in [-0.05, 0) is 61.2 Å². The maximum Gasteiger partial charge on any atom is 0.190 e. The lowest BCUT2D eigenvalue weighted by Crippen LogP contribution is -2.06. The number of hydrogen-bond donors (Lipinski definition) is 1. The number of nitrogens with zero attached hydrogens (tertiary/aromatic N) is 4. The molecule has 0 spiro atoms. The summed E-state index contributed by atoms with van der Waals surface area (Å²) in [5, 5.41) is 15.7. The lowest BCUT2D eigenvalue weighted by atomic mass is 10.1. The first kappa shape index (κ1) is 24.6. The van der Waals surface area contributed by atoms with E-state index in [4.69, 9.17) is 21.3 Å². The SMILES string of the molecule is COc1ccc(-c2nc(SCCC(C)C)nc(N/N=C(/C)c3ccc(Cl)cc3)c2C#N)cc1. The van der Waals surface area contributed by atoms with Gasteiger partial charge in [-0.15, -0.1) is 0 Å². The van der Waals surface area contributed by atoms with Crippen molar-refractivity contribution in [3.05, 3.63) is 64.7 Å². The van der Waals surface area contributed by atoms with Crippen LogP contribution in [0.4, 0.5) is 5.82 Å². The van der Waals surface area contributed by atoms with E-state index >= 15 is 0 Å². The monoisotopic (exact) mass is 479 g/mol. The van der Waals surface area contributed by atoms with E-state index in [1.807, 2.05) is 55.5 Å². The molecule has 3 aromatic rings. The molecule has 33 heavy (non-hydrogen) atoms. The highest BCUT2D eigenvalue weighted by molar-refractivity contribution is 7.99. The van der Waals surface area contributed by atoms with Crippen molar-refractivity contribution in [1.82, 2.24) is 9.97 Å². The Hall–Kier alpha value is -3.08. The summed E-state index contributed by atoms with van der Waals surface area (Å²) in [4.78, 5) is 9.31. The summed E-state index contributed by atoms with van der Waals surface area (Å²) in [6.45, 7) is 6.25. The molecule has 0 saturated carbocycles. The Morgan fingerprint density at radius 3 is 2.45 bits per heavy atom. The van der Waals surface area contributed by atoms with E-state index in [9.17, 15) is 5.26 Å². The molecule has 3 rings (SSSR count). The molecule has 0 aliphatic carbocycles. The van der Waals surface area contributed by atoms with Gasteiger partial charge in [0, 0.05) is 16.3 Å². The molecule has 0 radical (unpaired) electrons. The molecule has 0 unspecified atom stereocenters. The minimum atomic E-state index is 0.334. The third kappa shape index (κ3) is 6.70. The standard InChI is InChI=1S/C25H26ClN5OS/c1-16(2)13-14-33-25-28-23(19-7-11-21(32-4)12-8-19)22(15-27)24(29-25)31-30-17(3)18-5-9-20(26)10-6-18/h5-12,16H,13-14H2,1-4H3,(H,28,29,31)/b30-17-. The van der Waals surface area contributed by atoms with Crippen LogP contribution in [0.15, 0.2) is 58.8 Å². The van der Waals surface area contributed by atoms with Gasteiger partial charge in [0.25, 0.3) is 0 Å². The number of benzene rings is 2. The molecule has 6 nitrogen and oxygen atoms in total. The van der Waals surface area contributed by atoms with Crippen molar-refractivity contribution in [3.8, 4) is 23.1 Å². The van der Waals surface area contributed by atoms with Gasteiger partial charge in [0.05, 0.1) is 18.5 Å². The molecular formula is C25H26ClN5OS. The van der Waals surface area contributed by atoms with Gasteiger partial charge >= 0.3 is 0 Å². The van der Waals surface area contributed by atoms with Gasteiger partial charge in [0.2, 0.25) is 0 Å². The van der Waals surface area contributed by atoms with E-state index in [1.165, 1.54) is 0 Å². The van der Waals surface area contributed by atoms with Crippen LogP contribution < -0.4 is 10.2 Å². The van der Waals surface area contributed by atoms with Crippen LogP contribution in [-0.2, 0) is 0 Å². The van der Waals surface area contributed by atoms with Crippen LogP contribution in [0.25, 0.3) is 11.3 Å². The Morgan fingerprint density at radius 2 is 1.85 bits per heavy atom. The number of nitrogens with one attached hydrogen (secondary N) is 1. The molecule has 1 heterocycles. The summed E-state index contributed by atoms with van der Waals surface area (Å²) in [5.74, 6) is 2.58. The third-order valence-corrected chi connectivity index (χ3v) is 6.01. The van der Waals surface area contributed by atoms with Crippen molar-refractivity contribution < 1.29 is 4.74 Å². The third-order valence-electron chi connectivity index (χ3n) is 4.88. The van der Waals surface area contributed by atoms with Crippen LogP contribution in [0.5, 0.6) is 5.75 Å². The van der Waals surface area contributed by atoms with E-state index in [1.54, 1.807) is 18.9 Å². The normalized spacial score (nSPS) is 11.4. The summed E-state index contributed by atoms with van der Waals surface area (Å²) < 4.78 is 5.26. The van der Waals surface area contributed by atoms with Crippen LogP contribution in [-0.4, -0.2) is 28.5 Å². The second-order valence-corrected chi connectivity index (χ2v) is 9.26. The van der Waals surface area contributed by atoms with Gasteiger partial charge in [-0.3, -0.25) is 5.43 Å². The fraction of sp³-hybridized carbons (Fsp3) is 0.280. The minimum Gasteiger partial charge on any atom is -0.497 e. The number of aromatic nitrogens is 2. The molecule has 0 fully saturated rings. The molecule has 8 heteroatoms. The summed E-state index contributed by atoms with van der Waals surface area (Å²) in [6, 6.07) is 17.1. The largest absolute Gasteiger partial charge is 0.497 e. The molecular weight excluding hydrogens is 454 g/mol. The zero-order valence-corrected chi connectivity index (χ0v) is 20.7. The molecule has 0 bridgehead atoms. The lowest BCUT2D eigenvalue weighted by molar-refractivity contribution is 0.415. The topological polar surface area (TPSA) is 83.2 Å². The van der Waals surface area contributed by atoms with Crippen molar-refractivity contribution in [2.75, 3.05) is 18.3 Å². The molecule has 0 atom stereocenters. The van der Waals surface area contributed by atoms with Gasteiger partial charge in [-0.1, -0.05) is 49.3 Å². The fourth-order valence-electron chi connectivity index (χ4n) is 2.93. The van der Waals surface area contributed by atoms with E-state index in [0.717, 1.165) is 34.8 Å². The zero-order chi connectivity index (χ0) is 23.8. The highest BCUT2D eigenvalue weighted by atomic mass is 35.5. The fourth-order valence-corrected chi connectivity index (χ4v) is 4.14. The Kier molecular flexibility index (Phi) is 8.70. The van der Waals surface area contributed by atoms with Gasteiger partial charge in [-0.2, -0.15) is 10.4 Å². The van der Waals surface area contributed by atoms with Gasteiger partial charge in [0.15, 0.2) is 11.0 Å². The highest BCUT2D eigenvalue weighted by Crippen LogP contribution is 2.30. The second-order valence-electron chi connectivity index (χ2n) is 7.77. The van der Waals surface area contributed by atoms with Crippen molar-refractivity contribution in [1.29, 1.82) is 5.26 Å². The number of rotatable bonds is 9. The van der Waals surface area contributed by atoms with Gasteiger partial charge in [0.1, 0.15) is 17.4 Å². The van der Waals surface area contributed by atoms with Crippen molar-refractivity contribution >= 4 is 34.9 Å². The highest BCUT2D eigenvalue weighted by Gasteiger charge is 2.17. The quantitative estimate of drug-likeness (QED) is 0.160. The number of nitriles is 1. The summed E-state index contributed by atoms with van der Waals surface area (Å²) >= 11 is 7.55. The predicted molar refractivity (Wildman–Crippen MR) is 136 cm³/mol. The Morgan fingerprint density at radius 1 is 1.15 bits per heavy atom. The average Bonchev–Trinajstić information content (AvgIpc) is 2.82. The minimum absolute atomic E-state index is 0.334. The van der Waals surface area contributed by atoms with E-state index in [2.05, 4.69) is 35.4 Å². The van der Waals surface area contributed by atoms with Crippen molar-refractivity contribution in [2.24, 2.45) is 11.0 Å². The van der Waals surface area contributed by atoms with Crippen LogP contribution in [0.2, 0.25) is 5.02 Å². The average molecular weight is 480 g/mol. The van der Waals surface area contributed by atoms with E-state index < -0.39 is 0 Å². The summed E-state index contributed by atoms with van der Waals surface area (Å²) in [5.41, 5.74) is 6.36. The van der Waals surface area contributed by atoms with Crippen LogP contribution >= 0.6 is 23.4 Å². The number of methoxy groups -OCH3 is 1. The number of thioether (sulfide) groups is 1. The molecule has 0 aliphatic rings. The molecule has 1 aromatic heterocycles. The van der Waals surface area contributed by atoms with Crippen molar-refractivity contribution in [2.45, 2.75) is 32.3 Å².